The highest BCUT2D eigenvalue weighted by atomic mass is 32.2. The van der Waals surface area contributed by atoms with E-state index in [-0.39, 0.29) is 19.1 Å². The molecule has 0 amide bonds. The molecule has 4 nitrogen and oxygen atoms in total. The molecule has 0 spiro atoms. The van der Waals surface area contributed by atoms with E-state index in [9.17, 15) is 21.6 Å². The van der Waals surface area contributed by atoms with Gasteiger partial charge >= 0.3 is 6.18 Å². The van der Waals surface area contributed by atoms with Crippen LogP contribution in [0.4, 0.5) is 13.2 Å². The first-order valence-corrected chi connectivity index (χ1v) is 11.8. The van der Waals surface area contributed by atoms with Crippen LogP contribution in [0.2, 0.25) is 0 Å². The van der Waals surface area contributed by atoms with E-state index >= 15 is 0 Å². The molecule has 32 heavy (non-hydrogen) atoms. The first-order chi connectivity index (χ1) is 15.3. The van der Waals surface area contributed by atoms with Gasteiger partial charge in [0.1, 0.15) is 6.04 Å². The first-order valence-electron chi connectivity index (χ1n) is 10.4. The van der Waals surface area contributed by atoms with Gasteiger partial charge in [0.25, 0.3) is 0 Å². The van der Waals surface area contributed by atoms with Gasteiger partial charge in [-0.15, -0.1) is 0 Å². The van der Waals surface area contributed by atoms with Crippen molar-refractivity contribution in [3.8, 4) is 0 Å². The van der Waals surface area contributed by atoms with Crippen LogP contribution in [0.3, 0.4) is 0 Å². The van der Waals surface area contributed by atoms with E-state index in [1.54, 1.807) is 0 Å². The third kappa shape index (κ3) is 4.57. The molecule has 168 valence electrons. The molecule has 0 bridgehead atoms. The largest absolute Gasteiger partial charge is 0.417 e. The Balaban J connectivity index is 1.58. The summed E-state index contributed by atoms with van der Waals surface area (Å²) in [5.41, 5.74) is 1.11. The Morgan fingerprint density at radius 2 is 1.22 bits per heavy atom. The van der Waals surface area contributed by atoms with Crippen molar-refractivity contribution in [3.05, 3.63) is 102 Å². The van der Waals surface area contributed by atoms with E-state index in [2.05, 4.69) is 0 Å². The fourth-order valence-electron chi connectivity index (χ4n) is 4.32. The molecule has 0 aromatic heterocycles. The van der Waals surface area contributed by atoms with Crippen LogP contribution in [0.5, 0.6) is 0 Å². The predicted molar refractivity (Wildman–Crippen MR) is 116 cm³/mol. The minimum Gasteiger partial charge on any atom is -0.323 e. The molecule has 1 N–H and O–H groups in total. The van der Waals surface area contributed by atoms with E-state index < -0.39 is 26.7 Å². The average Bonchev–Trinajstić information content (AvgIpc) is 2.80. The number of nitrogens with zero attached hydrogens (tertiary/aromatic N) is 1. The van der Waals surface area contributed by atoms with Crippen molar-refractivity contribution in [1.82, 2.24) is 4.31 Å². The lowest BCUT2D eigenvalue weighted by molar-refractivity contribution is -0.929. The summed E-state index contributed by atoms with van der Waals surface area (Å²) in [5.74, 6) is 0. The Morgan fingerprint density at radius 1 is 0.750 bits per heavy atom. The number of benzene rings is 3. The molecule has 1 fully saturated rings. The second kappa shape index (κ2) is 9.05. The fourth-order valence-corrected chi connectivity index (χ4v) is 5.98. The van der Waals surface area contributed by atoms with Gasteiger partial charge < -0.3 is 4.90 Å². The summed E-state index contributed by atoms with van der Waals surface area (Å²) < 4.78 is 67.6. The van der Waals surface area contributed by atoms with Crippen LogP contribution < -0.4 is 4.90 Å². The number of hydrogen-bond donors (Lipinski definition) is 1. The number of hydrogen-bond acceptors (Lipinski definition) is 2. The van der Waals surface area contributed by atoms with E-state index in [0.29, 0.717) is 13.1 Å². The summed E-state index contributed by atoms with van der Waals surface area (Å²) in [6, 6.07) is 24.4. The fraction of sp³-hybridized carbons (Fsp3) is 0.250. The van der Waals surface area contributed by atoms with Crippen molar-refractivity contribution < 1.29 is 26.5 Å². The van der Waals surface area contributed by atoms with E-state index in [4.69, 9.17) is 0 Å². The number of halogens is 3. The minimum absolute atomic E-state index is 0.0183. The zero-order valence-electron chi connectivity index (χ0n) is 17.3. The van der Waals surface area contributed by atoms with Crippen LogP contribution in [-0.2, 0) is 16.2 Å². The Bertz CT molecular complexity index is 1110. The monoisotopic (exact) mass is 461 g/mol. The van der Waals surface area contributed by atoms with Gasteiger partial charge in [0.15, 0.2) is 0 Å². The van der Waals surface area contributed by atoms with Gasteiger partial charge in [-0.2, -0.15) is 17.5 Å². The topological polar surface area (TPSA) is 41.8 Å². The van der Waals surface area contributed by atoms with Gasteiger partial charge in [-0.3, -0.25) is 0 Å². The van der Waals surface area contributed by atoms with Gasteiger partial charge in [0, 0.05) is 11.1 Å². The summed E-state index contributed by atoms with van der Waals surface area (Å²) in [4.78, 5) is 0.497. The third-order valence-electron chi connectivity index (χ3n) is 5.85. The summed E-state index contributed by atoms with van der Waals surface area (Å²) in [7, 11) is -4.25. The second-order valence-electron chi connectivity index (χ2n) is 7.81. The van der Waals surface area contributed by atoms with Crippen LogP contribution in [0.1, 0.15) is 22.7 Å². The van der Waals surface area contributed by atoms with Gasteiger partial charge in [0.05, 0.1) is 36.6 Å². The average molecular weight is 462 g/mol. The number of quaternary nitrogens is 1. The molecule has 8 heteroatoms. The molecule has 1 aliphatic heterocycles. The van der Waals surface area contributed by atoms with Crippen molar-refractivity contribution >= 4 is 10.0 Å². The van der Waals surface area contributed by atoms with Gasteiger partial charge in [-0.05, 0) is 12.1 Å². The normalized spacial score (nSPS) is 16.4. The van der Waals surface area contributed by atoms with Crippen LogP contribution in [-0.4, -0.2) is 38.9 Å². The lowest BCUT2D eigenvalue weighted by Crippen LogP contribution is -3.15. The molecule has 0 unspecified atom stereocenters. The first kappa shape index (κ1) is 22.5. The Kier molecular flexibility index (Phi) is 6.37. The van der Waals surface area contributed by atoms with Crippen LogP contribution >= 0.6 is 0 Å². The highest BCUT2D eigenvalue weighted by Gasteiger charge is 2.41. The Hall–Kier alpha value is -2.68. The van der Waals surface area contributed by atoms with Crippen LogP contribution in [0.25, 0.3) is 0 Å². The molecule has 0 atom stereocenters. The molecular formula is C24H24F3N2O2S+. The number of sulfonamides is 1. The SMILES string of the molecule is O=S(=O)(c1ccccc1C(F)(F)F)N1CC[NH+](C(c2ccccc2)c2ccccc2)CC1. The molecule has 1 aliphatic rings. The molecule has 3 aromatic rings. The van der Waals surface area contributed by atoms with Crippen molar-refractivity contribution in [2.24, 2.45) is 0 Å². The molecule has 1 saturated heterocycles. The molecule has 0 radical (unpaired) electrons. The van der Waals surface area contributed by atoms with Crippen LogP contribution in [0, 0.1) is 0 Å². The molecule has 0 saturated carbocycles. The molecule has 0 aliphatic carbocycles. The van der Waals surface area contributed by atoms with E-state index in [1.165, 1.54) is 21.3 Å². The summed E-state index contributed by atoms with van der Waals surface area (Å²) in [5, 5.41) is 0. The van der Waals surface area contributed by atoms with E-state index in [0.717, 1.165) is 23.3 Å². The molecule has 4 rings (SSSR count). The third-order valence-corrected chi connectivity index (χ3v) is 7.81. The predicted octanol–water partition coefficient (Wildman–Crippen LogP) is 3.38. The van der Waals surface area contributed by atoms with Gasteiger partial charge in [0.2, 0.25) is 10.0 Å². The van der Waals surface area contributed by atoms with Crippen LogP contribution in [0.15, 0.2) is 89.8 Å². The number of alkyl halides is 3. The maximum Gasteiger partial charge on any atom is 0.417 e. The zero-order chi connectivity index (χ0) is 22.8. The van der Waals surface area contributed by atoms with Crippen molar-refractivity contribution in [3.63, 3.8) is 0 Å². The highest BCUT2D eigenvalue weighted by molar-refractivity contribution is 7.89. The van der Waals surface area contributed by atoms with Crippen molar-refractivity contribution in [1.29, 1.82) is 0 Å². The molecule has 1 heterocycles. The zero-order valence-corrected chi connectivity index (χ0v) is 18.1. The lowest BCUT2D eigenvalue weighted by atomic mass is 9.96. The maximum absolute atomic E-state index is 13.4. The molecule has 3 aromatic carbocycles. The number of rotatable bonds is 5. The number of nitrogens with one attached hydrogen (secondary N) is 1. The highest BCUT2D eigenvalue weighted by Crippen LogP contribution is 2.35. The maximum atomic E-state index is 13.4. The summed E-state index contributed by atoms with van der Waals surface area (Å²) in [6.45, 7) is 1.28. The number of piperazine rings is 1. The Morgan fingerprint density at radius 3 is 1.72 bits per heavy atom. The summed E-state index contributed by atoms with van der Waals surface area (Å²) >= 11 is 0. The lowest BCUT2D eigenvalue weighted by Gasteiger charge is -2.36. The Labute approximate surface area is 186 Å². The smallest absolute Gasteiger partial charge is 0.323 e. The second-order valence-corrected chi connectivity index (χ2v) is 9.72. The summed E-state index contributed by atoms with van der Waals surface area (Å²) in [6.07, 6.45) is -4.73. The van der Waals surface area contributed by atoms with E-state index in [1.807, 2.05) is 60.7 Å². The van der Waals surface area contributed by atoms with Crippen molar-refractivity contribution in [2.45, 2.75) is 17.1 Å². The van der Waals surface area contributed by atoms with Gasteiger partial charge in [-0.25, -0.2) is 8.42 Å². The quantitative estimate of drug-likeness (QED) is 0.633. The van der Waals surface area contributed by atoms with Gasteiger partial charge in [-0.1, -0.05) is 72.8 Å². The standard InChI is InChI=1S/C24H23F3N2O2S/c25-24(26,27)21-13-7-8-14-22(21)32(30,31)29-17-15-28(16-18-29)23(19-9-3-1-4-10-19)20-11-5-2-6-12-20/h1-14,23H,15-18H2/p+1. The minimum atomic E-state index is -4.73. The van der Waals surface area contributed by atoms with Crippen molar-refractivity contribution in [2.75, 3.05) is 26.2 Å². The molecular weight excluding hydrogens is 437 g/mol.